The van der Waals surface area contributed by atoms with E-state index in [2.05, 4.69) is 0 Å². The lowest BCUT2D eigenvalue weighted by molar-refractivity contribution is -0.122. The number of aliphatic hydroxyl groups excluding tert-OH is 2. The molecule has 0 bridgehead atoms. The van der Waals surface area contributed by atoms with Crippen LogP contribution in [0.15, 0.2) is 60.7 Å². The highest BCUT2D eigenvalue weighted by atomic mass is 16.3. The number of hydrogen-bond acceptors (Lipinski definition) is 3. The molecule has 0 fully saturated rings. The van der Waals surface area contributed by atoms with Crippen LogP contribution in [0.5, 0.6) is 0 Å². The van der Waals surface area contributed by atoms with Crippen molar-refractivity contribution in [2.24, 2.45) is 0 Å². The second-order valence-electron chi connectivity index (χ2n) is 5.63. The number of aliphatic hydroxyl groups is 2. The second kappa shape index (κ2) is 8.47. The van der Waals surface area contributed by atoms with E-state index in [4.69, 9.17) is 0 Å². The summed E-state index contributed by atoms with van der Waals surface area (Å²) in [5.74, 6) is -0.105. The summed E-state index contributed by atoms with van der Waals surface area (Å²) in [6.45, 7) is 0. The smallest absolute Gasteiger partial charge is 0.138 e. The average molecular weight is 298 g/mol. The Labute approximate surface area is 131 Å². The third-order valence-corrected chi connectivity index (χ3v) is 3.55. The van der Waals surface area contributed by atoms with Gasteiger partial charge in [0.05, 0.1) is 12.2 Å². The van der Waals surface area contributed by atoms with E-state index in [1.54, 1.807) is 0 Å². The normalized spacial score (nSPS) is 13.5. The first-order valence-electron chi connectivity index (χ1n) is 7.59. The monoisotopic (exact) mass is 298 g/mol. The molecule has 0 aliphatic carbocycles. The predicted molar refractivity (Wildman–Crippen MR) is 86.5 cm³/mol. The Hall–Kier alpha value is -1.97. The topological polar surface area (TPSA) is 57.5 Å². The fourth-order valence-corrected chi connectivity index (χ4v) is 2.53. The lowest BCUT2D eigenvalue weighted by Crippen LogP contribution is -2.21. The third-order valence-electron chi connectivity index (χ3n) is 3.55. The van der Waals surface area contributed by atoms with E-state index >= 15 is 0 Å². The summed E-state index contributed by atoms with van der Waals surface area (Å²) in [4.78, 5) is 11.9. The van der Waals surface area contributed by atoms with Gasteiger partial charge in [-0.05, 0) is 24.0 Å². The first-order valence-corrected chi connectivity index (χ1v) is 7.59. The number of benzene rings is 2. The molecule has 2 rings (SSSR count). The third kappa shape index (κ3) is 5.80. The zero-order valence-electron chi connectivity index (χ0n) is 12.6. The maximum Gasteiger partial charge on any atom is 0.138 e. The molecule has 2 N–H and O–H groups in total. The van der Waals surface area contributed by atoms with Crippen LogP contribution < -0.4 is 0 Å². The van der Waals surface area contributed by atoms with Gasteiger partial charge < -0.3 is 10.2 Å². The second-order valence-corrected chi connectivity index (χ2v) is 5.63. The molecule has 0 saturated heterocycles. The summed E-state index contributed by atoms with van der Waals surface area (Å²) in [5, 5.41) is 19.9. The molecule has 3 heteroatoms. The summed E-state index contributed by atoms with van der Waals surface area (Å²) in [5.41, 5.74) is 2.01. The number of ketones is 1. The van der Waals surface area contributed by atoms with Crippen molar-refractivity contribution in [2.45, 2.75) is 37.9 Å². The number of hydrogen-bond donors (Lipinski definition) is 2. The molecule has 0 saturated carbocycles. The SMILES string of the molecule is O=C(CC(O)Cc1ccccc1)CC(O)Cc1ccccc1. The molecular formula is C19H22O3. The summed E-state index contributed by atoms with van der Waals surface area (Å²) < 4.78 is 0. The van der Waals surface area contributed by atoms with Gasteiger partial charge in [0, 0.05) is 12.8 Å². The molecule has 2 atom stereocenters. The first-order chi connectivity index (χ1) is 10.6. The van der Waals surface area contributed by atoms with Crippen LogP contribution in [-0.2, 0) is 17.6 Å². The Kier molecular flexibility index (Phi) is 6.31. The molecule has 0 aliphatic heterocycles. The first kappa shape index (κ1) is 16.4. The number of Topliss-reactive ketones (excluding diaryl/α,β-unsaturated/α-hetero) is 1. The van der Waals surface area contributed by atoms with E-state index < -0.39 is 12.2 Å². The van der Waals surface area contributed by atoms with Crippen molar-refractivity contribution in [1.82, 2.24) is 0 Å². The lowest BCUT2D eigenvalue weighted by Gasteiger charge is -2.13. The van der Waals surface area contributed by atoms with Crippen molar-refractivity contribution < 1.29 is 15.0 Å². The van der Waals surface area contributed by atoms with E-state index in [0.29, 0.717) is 12.8 Å². The van der Waals surface area contributed by atoms with Crippen LogP contribution in [0.1, 0.15) is 24.0 Å². The predicted octanol–water partition coefficient (Wildman–Crippen LogP) is 2.54. The van der Waals surface area contributed by atoms with Crippen molar-refractivity contribution in [3.63, 3.8) is 0 Å². The molecule has 2 unspecified atom stereocenters. The van der Waals surface area contributed by atoms with Crippen LogP contribution in [0.2, 0.25) is 0 Å². The van der Waals surface area contributed by atoms with Crippen molar-refractivity contribution in [3.8, 4) is 0 Å². The van der Waals surface area contributed by atoms with E-state index in [0.717, 1.165) is 11.1 Å². The van der Waals surface area contributed by atoms with Crippen molar-refractivity contribution in [1.29, 1.82) is 0 Å². The molecule has 0 heterocycles. The van der Waals surface area contributed by atoms with Crippen LogP contribution in [0.25, 0.3) is 0 Å². The van der Waals surface area contributed by atoms with Gasteiger partial charge in [-0.15, -0.1) is 0 Å². The van der Waals surface area contributed by atoms with Gasteiger partial charge >= 0.3 is 0 Å². The summed E-state index contributed by atoms with van der Waals surface area (Å²) in [7, 11) is 0. The van der Waals surface area contributed by atoms with Crippen LogP contribution in [-0.4, -0.2) is 28.2 Å². The highest BCUT2D eigenvalue weighted by Crippen LogP contribution is 2.10. The standard InChI is InChI=1S/C19H22O3/c20-17(11-15-7-3-1-4-8-15)13-19(22)14-18(21)12-16-9-5-2-6-10-16/h1-10,17-18,20-21H,11-14H2. The molecule has 3 nitrogen and oxygen atoms in total. The summed E-state index contributed by atoms with van der Waals surface area (Å²) >= 11 is 0. The number of carbonyl (C=O) groups is 1. The zero-order chi connectivity index (χ0) is 15.8. The maximum atomic E-state index is 11.9. The van der Waals surface area contributed by atoms with Gasteiger partial charge in [-0.3, -0.25) is 4.79 Å². The van der Waals surface area contributed by atoms with Crippen molar-refractivity contribution in [3.05, 3.63) is 71.8 Å². The largest absolute Gasteiger partial charge is 0.392 e. The lowest BCUT2D eigenvalue weighted by atomic mass is 9.99. The zero-order valence-corrected chi connectivity index (χ0v) is 12.6. The number of rotatable bonds is 8. The molecule has 22 heavy (non-hydrogen) atoms. The quantitative estimate of drug-likeness (QED) is 0.787. The van der Waals surface area contributed by atoms with Crippen molar-refractivity contribution >= 4 is 5.78 Å². The Morgan fingerprint density at radius 3 is 1.45 bits per heavy atom. The van der Waals surface area contributed by atoms with Crippen molar-refractivity contribution in [2.75, 3.05) is 0 Å². The molecule has 0 aliphatic rings. The Morgan fingerprint density at radius 1 is 0.727 bits per heavy atom. The van der Waals surface area contributed by atoms with Gasteiger partial charge in [0.15, 0.2) is 0 Å². The molecule has 0 aromatic heterocycles. The van der Waals surface area contributed by atoms with Gasteiger partial charge in [-0.1, -0.05) is 60.7 Å². The minimum absolute atomic E-state index is 0.0841. The molecular weight excluding hydrogens is 276 g/mol. The minimum atomic E-state index is -0.696. The van der Waals surface area contributed by atoms with Crippen LogP contribution in [0.4, 0.5) is 0 Å². The van der Waals surface area contributed by atoms with Gasteiger partial charge in [0.1, 0.15) is 5.78 Å². The van der Waals surface area contributed by atoms with Gasteiger partial charge in [0.25, 0.3) is 0 Å². The van der Waals surface area contributed by atoms with Gasteiger partial charge in [0.2, 0.25) is 0 Å². The van der Waals surface area contributed by atoms with E-state index in [1.807, 2.05) is 60.7 Å². The van der Waals surface area contributed by atoms with Crippen LogP contribution >= 0.6 is 0 Å². The molecule has 116 valence electrons. The van der Waals surface area contributed by atoms with Gasteiger partial charge in [-0.25, -0.2) is 0 Å². The Balaban J connectivity index is 1.75. The van der Waals surface area contributed by atoms with E-state index in [-0.39, 0.29) is 18.6 Å². The van der Waals surface area contributed by atoms with Crippen LogP contribution in [0.3, 0.4) is 0 Å². The minimum Gasteiger partial charge on any atom is -0.392 e. The number of carbonyl (C=O) groups excluding carboxylic acids is 1. The Bertz CT molecular complexity index is 514. The summed E-state index contributed by atoms with van der Waals surface area (Å²) in [6.07, 6.45) is -0.304. The molecule has 0 amide bonds. The highest BCUT2D eigenvalue weighted by Gasteiger charge is 2.16. The molecule has 2 aromatic rings. The average Bonchev–Trinajstić information content (AvgIpc) is 2.48. The Morgan fingerprint density at radius 2 is 1.09 bits per heavy atom. The summed E-state index contributed by atoms with van der Waals surface area (Å²) in [6, 6.07) is 19.2. The fourth-order valence-electron chi connectivity index (χ4n) is 2.53. The van der Waals surface area contributed by atoms with Gasteiger partial charge in [-0.2, -0.15) is 0 Å². The van der Waals surface area contributed by atoms with E-state index in [1.165, 1.54) is 0 Å². The molecule has 0 radical (unpaired) electrons. The van der Waals surface area contributed by atoms with Crippen LogP contribution in [0, 0.1) is 0 Å². The molecule has 2 aromatic carbocycles. The highest BCUT2D eigenvalue weighted by molar-refractivity contribution is 5.79. The maximum absolute atomic E-state index is 11.9. The molecule has 0 spiro atoms. The fraction of sp³-hybridized carbons (Fsp3) is 0.316. The van der Waals surface area contributed by atoms with E-state index in [9.17, 15) is 15.0 Å².